The van der Waals surface area contributed by atoms with Crippen molar-refractivity contribution in [2.24, 2.45) is 5.73 Å². The topological polar surface area (TPSA) is 78.0 Å². The molecule has 0 saturated heterocycles. The number of ketones is 1. The van der Waals surface area contributed by atoms with Crippen molar-refractivity contribution < 1.29 is 9.59 Å². The van der Waals surface area contributed by atoms with E-state index in [1.165, 1.54) is 17.7 Å². The van der Waals surface area contributed by atoms with Crippen molar-refractivity contribution in [2.45, 2.75) is 6.92 Å². The minimum absolute atomic E-state index is 0.0193. The van der Waals surface area contributed by atoms with Crippen LogP contribution in [0.25, 0.3) is 5.69 Å². The highest BCUT2D eigenvalue weighted by Crippen LogP contribution is 2.11. The van der Waals surface area contributed by atoms with Crippen LogP contribution in [0.2, 0.25) is 0 Å². The standard InChI is InChI=1S/C12H11N3O2/c1-8(16)9-3-2-4-10(7-9)15-6-5-11(14-15)12(13)17/h2-7H,1H3,(H2,13,17). The first-order valence-electron chi connectivity index (χ1n) is 5.05. The fourth-order valence-corrected chi connectivity index (χ4v) is 1.47. The second kappa shape index (κ2) is 4.21. The summed E-state index contributed by atoms with van der Waals surface area (Å²) in [5.74, 6) is -0.597. The molecule has 0 unspecified atom stereocenters. The number of rotatable bonds is 3. The lowest BCUT2D eigenvalue weighted by atomic mass is 10.1. The van der Waals surface area contributed by atoms with Gasteiger partial charge in [-0.2, -0.15) is 5.10 Å². The molecular weight excluding hydrogens is 218 g/mol. The Kier molecular flexibility index (Phi) is 2.74. The van der Waals surface area contributed by atoms with Gasteiger partial charge in [-0.3, -0.25) is 9.59 Å². The molecule has 1 aromatic carbocycles. The van der Waals surface area contributed by atoms with E-state index < -0.39 is 5.91 Å². The Bertz CT molecular complexity index is 587. The average Bonchev–Trinajstić information content (AvgIpc) is 2.78. The van der Waals surface area contributed by atoms with Crippen molar-refractivity contribution in [3.63, 3.8) is 0 Å². The van der Waals surface area contributed by atoms with Crippen LogP contribution in [0, 0.1) is 0 Å². The number of Topliss-reactive ketones (excluding diaryl/α,β-unsaturated/α-hetero) is 1. The summed E-state index contributed by atoms with van der Waals surface area (Å²) in [4.78, 5) is 22.2. The van der Waals surface area contributed by atoms with Gasteiger partial charge in [0.15, 0.2) is 5.78 Å². The predicted octanol–water partition coefficient (Wildman–Crippen LogP) is 1.17. The molecule has 5 nitrogen and oxygen atoms in total. The molecule has 1 aromatic heterocycles. The van der Waals surface area contributed by atoms with Gasteiger partial charge in [-0.15, -0.1) is 0 Å². The fraction of sp³-hybridized carbons (Fsp3) is 0.0833. The largest absolute Gasteiger partial charge is 0.364 e. The second-order valence-corrected chi connectivity index (χ2v) is 3.62. The van der Waals surface area contributed by atoms with E-state index in [4.69, 9.17) is 5.73 Å². The van der Waals surface area contributed by atoms with Gasteiger partial charge in [0.25, 0.3) is 5.91 Å². The number of amides is 1. The van der Waals surface area contributed by atoms with E-state index >= 15 is 0 Å². The first-order valence-corrected chi connectivity index (χ1v) is 5.05. The maximum atomic E-state index is 11.2. The molecule has 0 radical (unpaired) electrons. The van der Waals surface area contributed by atoms with Gasteiger partial charge >= 0.3 is 0 Å². The van der Waals surface area contributed by atoms with E-state index in [1.807, 2.05) is 0 Å². The predicted molar refractivity (Wildman–Crippen MR) is 62.1 cm³/mol. The van der Waals surface area contributed by atoms with E-state index in [0.717, 1.165) is 0 Å². The van der Waals surface area contributed by atoms with Crippen molar-refractivity contribution in [1.29, 1.82) is 0 Å². The van der Waals surface area contributed by atoms with E-state index in [2.05, 4.69) is 5.10 Å². The summed E-state index contributed by atoms with van der Waals surface area (Å²) in [7, 11) is 0. The minimum Gasteiger partial charge on any atom is -0.364 e. The Labute approximate surface area is 97.9 Å². The monoisotopic (exact) mass is 229 g/mol. The first-order chi connectivity index (χ1) is 8.08. The molecule has 1 heterocycles. The van der Waals surface area contributed by atoms with E-state index in [0.29, 0.717) is 11.3 Å². The van der Waals surface area contributed by atoms with Crippen LogP contribution in [0.4, 0.5) is 0 Å². The molecule has 0 aliphatic carbocycles. The summed E-state index contributed by atoms with van der Waals surface area (Å²) in [5.41, 5.74) is 6.62. The lowest BCUT2D eigenvalue weighted by molar-refractivity contribution is 0.0991. The third-order valence-electron chi connectivity index (χ3n) is 2.36. The van der Waals surface area contributed by atoms with E-state index in [1.54, 1.807) is 30.5 Å². The smallest absolute Gasteiger partial charge is 0.269 e. The highest BCUT2D eigenvalue weighted by molar-refractivity contribution is 5.94. The Balaban J connectivity index is 2.42. The molecule has 1 amide bonds. The summed E-state index contributed by atoms with van der Waals surface area (Å²) in [6.45, 7) is 1.50. The summed E-state index contributed by atoms with van der Waals surface area (Å²) in [6.07, 6.45) is 1.62. The summed E-state index contributed by atoms with van der Waals surface area (Å²) >= 11 is 0. The maximum Gasteiger partial charge on any atom is 0.269 e. The lowest BCUT2D eigenvalue weighted by Gasteiger charge is -2.02. The molecule has 0 bridgehead atoms. The van der Waals surface area contributed by atoms with Crippen molar-refractivity contribution in [1.82, 2.24) is 9.78 Å². The number of aromatic nitrogens is 2. The highest BCUT2D eigenvalue weighted by atomic mass is 16.1. The van der Waals surface area contributed by atoms with Crippen LogP contribution in [-0.2, 0) is 0 Å². The molecule has 17 heavy (non-hydrogen) atoms. The highest BCUT2D eigenvalue weighted by Gasteiger charge is 2.07. The minimum atomic E-state index is -0.577. The molecule has 2 aromatic rings. The number of carbonyl (C=O) groups is 2. The molecule has 0 fully saturated rings. The van der Waals surface area contributed by atoms with Gasteiger partial charge in [-0.05, 0) is 25.1 Å². The summed E-state index contributed by atoms with van der Waals surface area (Å²) in [5, 5.41) is 4.01. The quantitative estimate of drug-likeness (QED) is 0.802. The third-order valence-corrected chi connectivity index (χ3v) is 2.36. The zero-order valence-electron chi connectivity index (χ0n) is 9.25. The Morgan fingerprint density at radius 3 is 2.65 bits per heavy atom. The average molecular weight is 229 g/mol. The summed E-state index contributed by atoms with van der Waals surface area (Å²) < 4.78 is 1.51. The lowest BCUT2D eigenvalue weighted by Crippen LogP contribution is -2.12. The SMILES string of the molecule is CC(=O)c1cccc(-n2ccc(C(N)=O)n2)c1. The zero-order valence-corrected chi connectivity index (χ0v) is 9.25. The summed E-state index contributed by atoms with van der Waals surface area (Å²) in [6, 6.07) is 8.52. The van der Waals surface area contributed by atoms with Gasteiger partial charge in [0.1, 0.15) is 5.69 Å². The van der Waals surface area contributed by atoms with Crippen LogP contribution in [-0.4, -0.2) is 21.5 Å². The number of primary amides is 1. The van der Waals surface area contributed by atoms with Crippen LogP contribution >= 0.6 is 0 Å². The molecule has 0 aliphatic rings. The number of hydrogen-bond donors (Lipinski definition) is 1. The zero-order chi connectivity index (χ0) is 12.4. The van der Waals surface area contributed by atoms with Crippen LogP contribution < -0.4 is 5.73 Å². The Morgan fingerprint density at radius 1 is 1.29 bits per heavy atom. The van der Waals surface area contributed by atoms with Crippen LogP contribution in [0.15, 0.2) is 36.5 Å². The van der Waals surface area contributed by atoms with Crippen molar-refractivity contribution in [3.8, 4) is 5.69 Å². The Hall–Kier alpha value is -2.43. The van der Waals surface area contributed by atoms with Crippen molar-refractivity contribution in [3.05, 3.63) is 47.8 Å². The molecule has 2 rings (SSSR count). The number of benzene rings is 1. The maximum absolute atomic E-state index is 11.2. The molecule has 0 atom stereocenters. The van der Waals surface area contributed by atoms with Gasteiger partial charge in [0.2, 0.25) is 0 Å². The first kappa shape index (κ1) is 11.1. The van der Waals surface area contributed by atoms with Crippen molar-refractivity contribution in [2.75, 3.05) is 0 Å². The van der Waals surface area contributed by atoms with Crippen molar-refractivity contribution >= 4 is 11.7 Å². The normalized spacial score (nSPS) is 10.2. The number of nitrogens with zero attached hydrogens (tertiary/aromatic N) is 2. The number of carbonyl (C=O) groups excluding carboxylic acids is 2. The molecular formula is C12H11N3O2. The molecule has 0 saturated carbocycles. The second-order valence-electron chi connectivity index (χ2n) is 3.62. The van der Waals surface area contributed by atoms with Gasteiger partial charge in [0.05, 0.1) is 5.69 Å². The van der Waals surface area contributed by atoms with E-state index in [-0.39, 0.29) is 11.5 Å². The number of nitrogens with two attached hydrogens (primary N) is 1. The third kappa shape index (κ3) is 2.23. The van der Waals surface area contributed by atoms with Gasteiger partial charge in [0, 0.05) is 11.8 Å². The van der Waals surface area contributed by atoms with Gasteiger partial charge in [-0.25, -0.2) is 4.68 Å². The molecule has 0 spiro atoms. The molecule has 2 N–H and O–H groups in total. The van der Waals surface area contributed by atoms with Crippen LogP contribution in [0.1, 0.15) is 27.8 Å². The van der Waals surface area contributed by atoms with Crippen LogP contribution in [0.3, 0.4) is 0 Å². The molecule has 5 heteroatoms. The van der Waals surface area contributed by atoms with E-state index in [9.17, 15) is 9.59 Å². The fourth-order valence-electron chi connectivity index (χ4n) is 1.47. The van der Waals surface area contributed by atoms with Crippen LogP contribution in [0.5, 0.6) is 0 Å². The number of hydrogen-bond acceptors (Lipinski definition) is 3. The Morgan fingerprint density at radius 2 is 2.06 bits per heavy atom. The van der Waals surface area contributed by atoms with Gasteiger partial charge < -0.3 is 5.73 Å². The molecule has 0 aliphatic heterocycles. The van der Waals surface area contributed by atoms with Gasteiger partial charge in [-0.1, -0.05) is 12.1 Å². The molecule has 86 valence electrons.